The number of rotatable bonds is 9. The molecule has 2 atom stereocenters. The molecule has 1 saturated carbocycles. The van der Waals surface area contributed by atoms with Crippen molar-refractivity contribution in [3.05, 3.63) is 82.9 Å². The molecule has 0 aromatic heterocycles. The summed E-state index contributed by atoms with van der Waals surface area (Å²) in [6.07, 6.45) is 5.35. The smallest absolute Gasteiger partial charge is 0.309 e. The van der Waals surface area contributed by atoms with Gasteiger partial charge in [0.05, 0.1) is 30.6 Å². The number of esters is 1. The number of hydrogen-bond acceptors (Lipinski definition) is 6. The fourth-order valence-electron chi connectivity index (χ4n) is 6.36. The Kier molecular flexibility index (Phi) is 8.05. The van der Waals surface area contributed by atoms with Gasteiger partial charge in [-0.3, -0.25) is 4.79 Å². The lowest BCUT2D eigenvalue weighted by molar-refractivity contribution is -0.144. The van der Waals surface area contributed by atoms with Crippen LogP contribution in [0.3, 0.4) is 0 Å². The van der Waals surface area contributed by atoms with E-state index >= 15 is 0 Å². The lowest BCUT2D eigenvalue weighted by Gasteiger charge is -2.33. The van der Waals surface area contributed by atoms with E-state index in [1.165, 1.54) is 33.4 Å². The number of carbonyl (C=O) groups is 1. The summed E-state index contributed by atoms with van der Waals surface area (Å²) in [5.74, 6) is 1.60. The quantitative estimate of drug-likeness (QED) is 0.280. The molecule has 2 fully saturated rings. The number of aryl methyl sites for hydroxylation is 2. The SMILES string of the molecule is CCOC(=O)[C@H]1C[C@@H]1c1ccc(NCc2ccc3c(c2)-c2ccc(OCC4(C)CCS(=O)(=O)CC4)cc2CCC3)cc1. The topological polar surface area (TPSA) is 81.7 Å². The molecule has 222 valence electrons. The molecule has 2 aliphatic carbocycles. The normalized spacial score (nSPS) is 21.8. The first-order valence-electron chi connectivity index (χ1n) is 15.3. The first kappa shape index (κ1) is 28.8. The molecule has 1 aliphatic heterocycles. The van der Waals surface area contributed by atoms with Crippen LogP contribution in [0.1, 0.15) is 67.7 Å². The molecule has 0 spiro atoms. The molecule has 1 N–H and O–H groups in total. The van der Waals surface area contributed by atoms with Crippen LogP contribution >= 0.6 is 0 Å². The Morgan fingerprint density at radius 2 is 1.71 bits per heavy atom. The van der Waals surface area contributed by atoms with Crippen LogP contribution in [0.25, 0.3) is 11.1 Å². The minimum Gasteiger partial charge on any atom is -0.493 e. The third-order valence-electron chi connectivity index (χ3n) is 9.27. The summed E-state index contributed by atoms with van der Waals surface area (Å²) in [5.41, 5.74) is 8.66. The molecule has 0 radical (unpaired) electrons. The maximum absolute atomic E-state index is 12.0. The molecule has 42 heavy (non-hydrogen) atoms. The van der Waals surface area contributed by atoms with Gasteiger partial charge in [0.15, 0.2) is 0 Å². The number of sulfone groups is 1. The summed E-state index contributed by atoms with van der Waals surface area (Å²) in [6.45, 7) is 5.70. The molecule has 6 nitrogen and oxygen atoms in total. The van der Waals surface area contributed by atoms with Crippen LogP contribution in [0, 0.1) is 11.3 Å². The maximum Gasteiger partial charge on any atom is 0.309 e. The van der Waals surface area contributed by atoms with Gasteiger partial charge in [-0.2, -0.15) is 0 Å². The summed E-state index contributed by atoms with van der Waals surface area (Å²) < 4.78 is 35.2. The first-order chi connectivity index (χ1) is 20.2. The minimum atomic E-state index is -2.89. The second kappa shape index (κ2) is 11.8. The van der Waals surface area contributed by atoms with Gasteiger partial charge in [0.2, 0.25) is 0 Å². The molecule has 3 aromatic carbocycles. The van der Waals surface area contributed by atoms with Crippen LogP contribution < -0.4 is 10.1 Å². The highest BCUT2D eigenvalue weighted by atomic mass is 32.2. The predicted octanol–water partition coefficient (Wildman–Crippen LogP) is 6.71. The molecule has 6 rings (SSSR count). The van der Waals surface area contributed by atoms with Crippen molar-refractivity contribution < 1.29 is 22.7 Å². The van der Waals surface area contributed by atoms with Gasteiger partial charge in [0.25, 0.3) is 0 Å². The van der Waals surface area contributed by atoms with Crippen molar-refractivity contribution in [1.82, 2.24) is 0 Å². The van der Waals surface area contributed by atoms with Gasteiger partial charge in [-0.25, -0.2) is 8.42 Å². The molecule has 0 unspecified atom stereocenters. The Morgan fingerprint density at radius 3 is 2.48 bits per heavy atom. The average molecular weight is 588 g/mol. The maximum atomic E-state index is 12.0. The van der Waals surface area contributed by atoms with Gasteiger partial charge >= 0.3 is 5.97 Å². The van der Waals surface area contributed by atoms with Crippen molar-refractivity contribution in [2.45, 2.75) is 64.8 Å². The zero-order chi connectivity index (χ0) is 29.3. The van der Waals surface area contributed by atoms with Crippen molar-refractivity contribution >= 4 is 21.5 Å². The third kappa shape index (κ3) is 6.51. The van der Waals surface area contributed by atoms with E-state index in [-0.39, 0.29) is 34.7 Å². The Bertz CT molecular complexity index is 1550. The highest BCUT2D eigenvalue weighted by Crippen LogP contribution is 2.48. The molecular formula is C35H41NO5S. The first-order valence-corrected chi connectivity index (χ1v) is 17.1. The van der Waals surface area contributed by atoms with E-state index in [2.05, 4.69) is 72.9 Å². The van der Waals surface area contributed by atoms with E-state index in [1.807, 2.05) is 6.92 Å². The van der Waals surface area contributed by atoms with Crippen LogP contribution in [0.15, 0.2) is 60.7 Å². The van der Waals surface area contributed by atoms with Gasteiger partial charge in [-0.15, -0.1) is 0 Å². The summed E-state index contributed by atoms with van der Waals surface area (Å²) in [4.78, 5) is 12.0. The van der Waals surface area contributed by atoms with Crippen molar-refractivity contribution in [3.63, 3.8) is 0 Å². The number of benzene rings is 3. The summed E-state index contributed by atoms with van der Waals surface area (Å²) >= 11 is 0. The van der Waals surface area contributed by atoms with Crippen LogP contribution in [-0.4, -0.2) is 39.1 Å². The Hall–Kier alpha value is -3.32. The number of nitrogens with one attached hydrogen (secondary N) is 1. The van der Waals surface area contributed by atoms with Gasteiger partial charge in [0.1, 0.15) is 15.6 Å². The van der Waals surface area contributed by atoms with Gasteiger partial charge in [-0.1, -0.05) is 37.3 Å². The van der Waals surface area contributed by atoms with Gasteiger partial charge in [0, 0.05) is 17.6 Å². The van der Waals surface area contributed by atoms with Crippen molar-refractivity contribution in [2.24, 2.45) is 11.3 Å². The molecule has 1 heterocycles. The zero-order valence-electron chi connectivity index (χ0n) is 24.7. The largest absolute Gasteiger partial charge is 0.493 e. The number of fused-ring (bicyclic) bond motifs is 3. The second-order valence-electron chi connectivity index (χ2n) is 12.6. The van der Waals surface area contributed by atoms with Gasteiger partial charge < -0.3 is 14.8 Å². The van der Waals surface area contributed by atoms with E-state index in [9.17, 15) is 13.2 Å². The van der Waals surface area contributed by atoms with Crippen LogP contribution in [0.5, 0.6) is 5.75 Å². The van der Waals surface area contributed by atoms with E-state index in [1.54, 1.807) is 0 Å². The summed E-state index contributed by atoms with van der Waals surface area (Å²) in [5, 5.41) is 3.56. The molecular weight excluding hydrogens is 546 g/mol. The average Bonchev–Trinajstić information content (AvgIpc) is 3.81. The summed E-state index contributed by atoms with van der Waals surface area (Å²) in [6, 6.07) is 21.7. The zero-order valence-corrected chi connectivity index (χ0v) is 25.5. The molecule has 3 aliphatic rings. The van der Waals surface area contributed by atoms with Crippen LogP contribution in [-0.2, 0) is 38.8 Å². The highest BCUT2D eigenvalue weighted by Gasteiger charge is 2.45. The lowest BCUT2D eigenvalue weighted by atomic mass is 9.85. The van der Waals surface area contributed by atoms with Crippen molar-refractivity contribution in [3.8, 4) is 16.9 Å². The Morgan fingerprint density at radius 1 is 0.952 bits per heavy atom. The number of ether oxygens (including phenoxy) is 2. The molecule has 1 saturated heterocycles. The fourth-order valence-corrected chi connectivity index (χ4v) is 8.17. The number of anilines is 1. The third-order valence-corrected chi connectivity index (χ3v) is 10.9. The molecule has 3 aromatic rings. The van der Waals surface area contributed by atoms with E-state index in [0.717, 1.165) is 43.7 Å². The van der Waals surface area contributed by atoms with E-state index < -0.39 is 9.84 Å². The monoisotopic (exact) mass is 587 g/mol. The van der Waals surface area contributed by atoms with Crippen molar-refractivity contribution in [2.75, 3.05) is 30.0 Å². The molecule has 0 bridgehead atoms. The minimum absolute atomic E-state index is 0.00941. The molecule has 7 heteroatoms. The Balaban J connectivity index is 1.10. The van der Waals surface area contributed by atoms with Crippen LogP contribution in [0.4, 0.5) is 5.69 Å². The lowest BCUT2D eigenvalue weighted by Crippen LogP contribution is -2.35. The number of hydrogen-bond donors (Lipinski definition) is 1. The van der Waals surface area contributed by atoms with E-state index in [0.29, 0.717) is 26.1 Å². The predicted molar refractivity (Wildman–Crippen MR) is 167 cm³/mol. The summed E-state index contributed by atoms with van der Waals surface area (Å²) in [7, 11) is -2.89. The highest BCUT2D eigenvalue weighted by molar-refractivity contribution is 7.91. The molecule has 0 amide bonds. The number of carbonyl (C=O) groups excluding carboxylic acids is 1. The Labute approximate surface area is 249 Å². The standard InChI is InChI=1S/C35H41NO5S/c1-3-40-34(37)33-21-32(33)26-9-11-28(12-10-26)36-22-24-7-8-25-5-4-6-27-20-29(13-14-30(27)31(25)19-24)41-23-35(2)15-17-42(38,39)18-16-35/h7-14,19-20,32-33,36H,3-6,15-18,21-23H2,1-2H3/t32-,33+/m1/s1. The van der Waals surface area contributed by atoms with Gasteiger partial charge in [-0.05, 0) is 115 Å². The fraction of sp³-hybridized carbons (Fsp3) is 0.457. The van der Waals surface area contributed by atoms with Crippen molar-refractivity contribution in [1.29, 1.82) is 0 Å². The van der Waals surface area contributed by atoms with E-state index in [4.69, 9.17) is 9.47 Å². The second-order valence-corrected chi connectivity index (χ2v) is 14.9. The van der Waals surface area contributed by atoms with Crippen LogP contribution in [0.2, 0.25) is 0 Å².